The number of hydrogen-bond acceptors (Lipinski definition) is 8. The lowest BCUT2D eigenvalue weighted by Crippen LogP contribution is -2.28. The Morgan fingerprint density at radius 3 is 2.38 bits per heavy atom. The molecule has 0 radical (unpaired) electrons. The fourth-order valence-electron chi connectivity index (χ4n) is 2.65. The molecule has 1 aromatic carbocycles. The van der Waals surface area contributed by atoms with Gasteiger partial charge in [-0.3, -0.25) is 4.18 Å². The lowest BCUT2D eigenvalue weighted by molar-refractivity contribution is 0.196. The first-order valence-electron chi connectivity index (χ1n) is 7.54. The summed E-state index contributed by atoms with van der Waals surface area (Å²) in [6, 6.07) is 7.25. The second-order valence-electron chi connectivity index (χ2n) is 6.03. The molecule has 0 spiro atoms. The average Bonchev–Trinajstić information content (AvgIpc) is 3.00. The molecule has 0 aliphatic carbocycles. The van der Waals surface area contributed by atoms with E-state index in [0.717, 1.165) is 5.56 Å². The number of fused-ring (bicyclic) bond motifs is 1. The van der Waals surface area contributed by atoms with Gasteiger partial charge in [0.25, 0.3) is 10.1 Å². The largest absolute Gasteiger partial charge is 0.297 e. The summed E-state index contributed by atoms with van der Waals surface area (Å²) in [4.78, 5) is -0.0453. The minimum Gasteiger partial charge on any atom is -0.258 e. The van der Waals surface area contributed by atoms with Crippen molar-refractivity contribution in [2.24, 2.45) is 0 Å². The van der Waals surface area contributed by atoms with Crippen LogP contribution in [0.15, 0.2) is 43.6 Å². The highest BCUT2D eigenvalue weighted by Crippen LogP contribution is 2.44. The summed E-state index contributed by atoms with van der Waals surface area (Å²) in [6.45, 7) is 3.26. The van der Waals surface area contributed by atoms with Gasteiger partial charge in [0.15, 0.2) is 20.5 Å². The van der Waals surface area contributed by atoms with Crippen molar-refractivity contribution in [3.63, 3.8) is 0 Å². The van der Waals surface area contributed by atoms with Gasteiger partial charge in [0.1, 0.15) is 14.5 Å². The van der Waals surface area contributed by atoms with Gasteiger partial charge in [0.05, 0.1) is 10.1 Å². The van der Waals surface area contributed by atoms with Crippen molar-refractivity contribution in [2.75, 3.05) is 0 Å². The highest BCUT2D eigenvalue weighted by Gasteiger charge is 2.41. The van der Waals surface area contributed by atoms with Crippen LogP contribution in [0.4, 0.5) is 0 Å². The van der Waals surface area contributed by atoms with E-state index in [9.17, 15) is 25.3 Å². The van der Waals surface area contributed by atoms with E-state index in [2.05, 4.69) is 0 Å². The molecule has 142 valence electrons. The van der Waals surface area contributed by atoms with E-state index in [0.29, 0.717) is 11.3 Å². The maximum Gasteiger partial charge on any atom is 0.297 e. The fraction of sp³-hybridized carbons (Fsp3) is 0.333. The van der Waals surface area contributed by atoms with Crippen molar-refractivity contribution in [3.05, 3.63) is 41.5 Å². The molecule has 0 saturated heterocycles. The molecule has 0 amide bonds. The van der Waals surface area contributed by atoms with Gasteiger partial charge in [-0.2, -0.15) is 8.42 Å². The molecule has 11 heteroatoms. The van der Waals surface area contributed by atoms with E-state index < -0.39 is 42.0 Å². The van der Waals surface area contributed by atoms with Crippen molar-refractivity contribution < 1.29 is 29.4 Å². The third-order valence-corrected chi connectivity index (χ3v) is 10.4. The number of thiol groups is 1. The van der Waals surface area contributed by atoms with E-state index in [1.54, 1.807) is 12.1 Å². The van der Waals surface area contributed by atoms with E-state index in [4.69, 9.17) is 4.18 Å². The Kier molecular flexibility index (Phi) is 5.03. The summed E-state index contributed by atoms with van der Waals surface area (Å²) >= 11 is 0.623. The second-order valence-corrected chi connectivity index (χ2v) is 12.5. The van der Waals surface area contributed by atoms with E-state index >= 15 is 0 Å². The summed E-state index contributed by atoms with van der Waals surface area (Å²) in [5.74, 6) is 0. The Balaban J connectivity index is 2.05. The summed E-state index contributed by atoms with van der Waals surface area (Å²) < 4.78 is 77.5. The van der Waals surface area contributed by atoms with Crippen LogP contribution in [0, 0.1) is 6.92 Å². The van der Waals surface area contributed by atoms with Gasteiger partial charge in [0.2, 0.25) is 0 Å². The number of thiophene rings is 1. The summed E-state index contributed by atoms with van der Waals surface area (Å²) in [7, 11) is -10.8. The first-order valence-corrected chi connectivity index (χ1v) is 12.5. The molecule has 1 aliphatic heterocycles. The Bertz CT molecular complexity index is 1120. The second kappa shape index (κ2) is 6.71. The van der Waals surface area contributed by atoms with Crippen LogP contribution in [0.2, 0.25) is 0 Å². The minimum atomic E-state index is -4.13. The molecular weight excluding hydrogens is 420 g/mol. The molecule has 0 fully saturated rings. The van der Waals surface area contributed by atoms with Gasteiger partial charge < -0.3 is 0 Å². The standard InChI is InChI=1S/C15H16O7S4/c1-9-3-5-11(6-4-9)26(20,21)22-13-7-10(2)25(18,19)15-12(13)8-14(23-15)24(16)17/h3-6,8,10,13,24H,7H2,1-2H3. The molecule has 0 N–H and O–H groups in total. The Hall–Kier alpha value is -1.27. The van der Waals surface area contributed by atoms with Crippen LogP contribution in [-0.4, -0.2) is 30.5 Å². The third-order valence-electron chi connectivity index (χ3n) is 4.13. The van der Waals surface area contributed by atoms with E-state index in [1.807, 2.05) is 6.92 Å². The normalized spacial score (nSPS) is 22.3. The third kappa shape index (κ3) is 3.46. The van der Waals surface area contributed by atoms with Crippen molar-refractivity contribution in [1.82, 2.24) is 0 Å². The van der Waals surface area contributed by atoms with Crippen LogP contribution in [0.1, 0.15) is 30.6 Å². The van der Waals surface area contributed by atoms with Crippen molar-refractivity contribution in [3.8, 4) is 0 Å². The summed E-state index contributed by atoms with van der Waals surface area (Å²) in [6.07, 6.45) is -1.14. The molecule has 1 aromatic heterocycles. The van der Waals surface area contributed by atoms with Crippen LogP contribution >= 0.6 is 11.3 Å². The number of aryl methyl sites for hydroxylation is 1. The first kappa shape index (κ1) is 19.5. The lowest BCUT2D eigenvalue weighted by Gasteiger charge is -2.26. The molecule has 3 rings (SSSR count). The van der Waals surface area contributed by atoms with Crippen LogP contribution < -0.4 is 0 Å². The van der Waals surface area contributed by atoms with Gasteiger partial charge in [-0.15, -0.1) is 11.3 Å². The lowest BCUT2D eigenvalue weighted by atomic mass is 10.1. The van der Waals surface area contributed by atoms with Gasteiger partial charge in [-0.05, 0) is 38.5 Å². The van der Waals surface area contributed by atoms with Gasteiger partial charge in [-0.1, -0.05) is 17.7 Å². The van der Waals surface area contributed by atoms with Crippen LogP contribution in [-0.2, 0) is 34.8 Å². The first-order chi connectivity index (χ1) is 12.0. The fourth-order valence-corrected chi connectivity index (χ4v) is 7.95. The molecular formula is C15H16O7S4. The smallest absolute Gasteiger partial charge is 0.258 e. The summed E-state index contributed by atoms with van der Waals surface area (Å²) in [5, 5.41) is -0.885. The number of benzene rings is 1. The van der Waals surface area contributed by atoms with Crippen molar-refractivity contribution in [2.45, 2.75) is 44.9 Å². The topological polar surface area (TPSA) is 112 Å². The SMILES string of the molecule is Cc1ccc(S(=O)(=O)OC2CC(C)S(=O)(=O)c3sc([SH](=O)=O)cc32)cc1. The van der Waals surface area contributed by atoms with E-state index in [-0.39, 0.29) is 25.3 Å². The quantitative estimate of drug-likeness (QED) is 0.576. The molecule has 2 unspecified atom stereocenters. The zero-order chi connectivity index (χ0) is 19.3. The Morgan fingerprint density at radius 2 is 1.81 bits per heavy atom. The maximum atomic E-state index is 12.5. The molecule has 2 aromatic rings. The zero-order valence-electron chi connectivity index (χ0n) is 13.8. The highest BCUT2D eigenvalue weighted by molar-refractivity contribution is 7.94. The van der Waals surface area contributed by atoms with Gasteiger partial charge >= 0.3 is 0 Å². The summed E-state index contributed by atoms with van der Waals surface area (Å²) in [5.41, 5.74) is 0.961. The van der Waals surface area contributed by atoms with Crippen LogP contribution in [0.3, 0.4) is 0 Å². The Labute approximate surface area is 157 Å². The van der Waals surface area contributed by atoms with Gasteiger partial charge in [0, 0.05) is 5.56 Å². The predicted molar refractivity (Wildman–Crippen MR) is 96.4 cm³/mol. The maximum absolute atomic E-state index is 12.5. The number of sulfone groups is 1. The molecule has 0 saturated carbocycles. The molecule has 2 heterocycles. The van der Waals surface area contributed by atoms with E-state index in [1.165, 1.54) is 25.1 Å². The molecule has 2 atom stereocenters. The highest BCUT2D eigenvalue weighted by atomic mass is 32.2. The molecule has 7 nitrogen and oxygen atoms in total. The molecule has 0 bridgehead atoms. The molecule has 1 aliphatic rings. The average molecular weight is 437 g/mol. The predicted octanol–water partition coefficient (Wildman–Crippen LogP) is 2.04. The van der Waals surface area contributed by atoms with Crippen molar-refractivity contribution >= 4 is 42.0 Å². The van der Waals surface area contributed by atoms with Crippen molar-refractivity contribution in [1.29, 1.82) is 0 Å². The number of rotatable bonds is 4. The number of hydrogen-bond donors (Lipinski definition) is 1. The van der Waals surface area contributed by atoms with Gasteiger partial charge in [-0.25, -0.2) is 16.8 Å². The minimum absolute atomic E-state index is 0.0453. The monoisotopic (exact) mass is 436 g/mol. The van der Waals surface area contributed by atoms with Crippen LogP contribution in [0.25, 0.3) is 0 Å². The zero-order valence-corrected chi connectivity index (χ0v) is 17.1. The Morgan fingerprint density at radius 1 is 1.19 bits per heavy atom. The van der Waals surface area contributed by atoms with Crippen LogP contribution in [0.5, 0.6) is 0 Å². The molecule has 26 heavy (non-hydrogen) atoms.